The van der Waals surface area contributed by atoms with E-state index in [1.54, 1.807) is 0 Å². The van der Waals surface area contributed by atoms with E-state index in [1.807, 2.05) is 12.3 Å². The maximum Gasteiger partial charge on any atom is 0.116 e. The van der Waals surface area contributed by atoms with E-state index in [0.29, 0.717) is 0 Å². The number of benzene rings is 3. The summed E-state index contributed by atoms with van der Waals surface area (Å²) in [5, 5.41) is 1.14. The van der Waals surface area contributed by atoms with Gasteiger partial charge in [0.2, 0.25) is 0 Å². The SMILES string of the molecule is Cc1ccc(-n2c3cccnc3c3nc4c5ccccc5n(-c5ccccc5)c4cc32)cc1. The summed E-state index contributed by atoms with van der Waals surface area (Å²) in [5.74, 6) is 0. The Morgan fingerprint density at radius 1 is 0.545 bits per heavy atom. The molecule has 0 aliphatic carbocycles. The highest BCUT2D eigenvalue weighted by molar-refractivity contribution is 6.14. The highest BCUT2D eigenvalue weighted by Crippen LogP contribution is 2.36. The van der Waals surface area contributed by atoms with Crippen LogP contribution in [0, 0.1) is 6.92 Å². The lowest BCUT2D eigenvalue weighted by atomic mass is 10.2. The second-order valence-corrected chi connectivity index (χ2v) is 8.45. The van der Waals surface area contributed by atoms with Gasteiger partial charge in [0.1, 0.15) is 11.0 Å². The molecule has 4 aromatic heterocycles. The van der Waals surface area contributed by atoms with Crippen molar-refractivity contribution in [3.8, 4) is 11.4 Å². The summed E-state index contributed by atoms with van der Waals surface area (Å²) in [7, 11) is 0. The molecular weight excluding hydrogens is 404 g/mol. The predicted octanol–water partition coefficient (Wildman–Crippen LogP) is 6.98. The minimum absolute atomic E-state index is 0.923. The normalized spacial score (nSPS) is 11.8. The first-order chi connectivity index (χ1) is 16.3. The van der Waals surface area contributed by atoms with Crippen LogP contribution in [0.4, 0.5) is 0 Å². The summed E-state index contributed by atoms with van der Waals surface area (Å²) in [5.41, 5.74) is 10.7. The molecule has 4 heteroatoms. The van der Waals surface area contributed by atoms with E-state index in [-0.39, 0.29) is 0 Å². The largest absolute Gasteiger partial charge is 0.308 e. The van der Waals surface area contributed by atoms with Crippen LogP contribution in [0.25, 0.3) is 55.4 Å². The molecule has 0 unspecified atom stereocenters. The summed E-state index contributed by atoms with van der Waals surface area (Å²) in [6.07, 6.45) is 1.85. The zero-order chi connectivity index (χ0) is 21.9. The van der Waals surface area contributed by atoms with Crippen molar-refractivity contribution in [2.45, 2.75) is 6.92 Å². The van der Waals surface area contributed by atoms with Crippen molar-refractivity contribution in [1.29, 1.82) is 0 Å². The number of aryl methyl sites for hydroxylation is 1. The topological polar surface area (TPSA) is 35.6 Å². The number of hydrogen-bond acceptors (Lipinski definition) is 2. The monoisotopic (exact) mass is 424 g/mol. The van der Waals surface area contributed by atoms with Gasteiger partial charge in [-0.05, 0) is 55.5 Å². The molecule has 0 atom stereocenters. The standard InChI is InChI=1S/C29H20N4/c1-19-13-15-21(16-14-19)33-24-12-7-17-30-28(24)29-26(33)18-25-27(31-29)22-10-5-6-11-23(22)32(25)20-8-3-2-4-9-20/h2-18H,1H3. The van der Waals surface area contributed by atoms with Gasteiger partial charge in [0.25, 0.3) is 0 Å². The number of hydrogen-bond donors (Lipinski definition) is 0. The third-order valence-electron chi connectivity index (χ3n) is 6.42. The number of nitrogens with zero attached hydrogens (tertiary/aromatic N) is 4. The molecular formula is C29H20N4. The van der Waals surface area contributed by atoms with Crippen LogP contribution in [0.15, 0.2) is 103 Å². The molecule has 0 radical (unpaired) electrons. The highest BCUT2D eigenvalue weighted by Gasteiger charge is 2.19. The molecule has 0 bridgehead atoms. The second-order valence-electron chi connectivity index (χ2n) is 8.45. The molecule has 0 saturated carbocycles. The van der Waals surface area contributed by atoms with E-state index in [1.165, 1.54) is 5.56 Å². The zero-order valence-corrected chi connectivity index (χ0v) is 18.1. The Morgan fingerprint density at radius 3 is 2.06 bits per heavy atom. The van der Waals surface area contributed by atoms with E-state index < -0.39 is 0 Å². The van der Waals surface area contributed by atoms with Crippen molar-refractivity contribution >= 4 is 44.0 Å². The molecule has 0 amide bonds. The first-order valence-electron chi connectivity index (χ1n) is 11.1. The molecule has 33 heavy (non-hydrogen) atoms. The van der Waals surface area contributed by atoms with Gasteiger partial charge < -0.3 is 9.13 Å². The zero-order valence-electron chi connectivity index (χ0n) is 18.1. The van der Waals surface area contributed by atoms with Crippen molar-refractivity contribution in [2.75, 3.05) is 0 Å². The molecule has 0 fully saturated rings. The first kappa shape index (κ1) is 18.2. The van der Waals surface area contributed by atoms with E-state index in [9.17, 15) is 0 Å². The maximum atomic E-state index is 5.24. The Labute approximate surface area is 190 Å². The fraction of sp³-hybridized carbons (Fsp3) is 0.0345. The van der Waals surface area contributed by atoms with Crippen molar-refractivity contribution in [3.63, 3.8) is 0 Å². The second kappa shape index (κ2) is 6.78. The van der Waals surface area contributed by atoms with Crippen LogP contribution < -0.4 is 0 Å². The van der Waals surface area contributed by atoms with Crippen molar-refractivity contribution in [1.82, 2.24) is 19.1 Å². The summed E-state index contributed by atoms with van der Waals surface area (Å²) in [4.78, 5) is 9.97. The number of fused-ring (bicyclic) bond motifs is 6. The van der Waals surface area contributed by atoms with Crippen LogP contribution in [0.3, 0.4) is 0 Å². The molecule has 0 aliphatic heterocycles. The third-order valence-corrected chi connectivity index (χ3v) is 6.42. The fourth-order valence-corrected chi connectivity index (χ4v) is 4.92. The Hall–Kier alpha value is -4.44. The van der Waals surface area contributed by atoms with Gasteiger partial charge in [-0.15, -0.1) is 0 Å². The van der Waals surface area contributed by atoms with E-state index >= 15 is 0 Å². The highest BCUT2D eigenvalue weighted by atomic mass is 15.0. The summed E-state index contributed by atoms with van der Waals surface area (Å²) >= 11 is 0. The van der Waals surface area contributed by atoms with Gasteiger partial charge in [0.05, 0.1) is 27.6 Å². The number of pyridine rings is 2. The van der Waals surface area contributed by atoms with Crippen LogP contribution in [-0.4, -0.2) is 19.1 Å². The predicted molar refractivity (Wildman–Crippen MR) is 135 cm³/mol. The fourth-order valence-electron chi connectivity index (χ4n) is 4.92. The van der Waals surface area contributed by atoms with Crippen molar-refractivity contribution in [2.24, 2.45) is 0 Å². The molecule has 0 N–H and O–H groups in total. The lowest BCUT2D eigenvalue weighted by molar-refractivity contribution is 1.16. The minimum Gasteiger partial charge on any atom is -0.308 e. The van der Waals surface area contributed by atoms with E-state index in [0.717, 1.165) is 55.4 Å². The average Bonchev–Trinajstić information content (AvgIpc) is 3.36. The van der Waals surface area contributed by atoms with Gasteiger partial charge >= 0.3 is 0 Å². The van der Waals surface area contributed by atoms with Crippen LogP contribution in [-0.2, 0) is 0 Å². The Morgan fingerprint density at radius 2 is 1.21 bits per heavy atom. The van der Waals surface area contributed by atoms with E-state index in [2.05, 4.69) is 107 Å². The van der Waals surface area contributed by atoms with Gasteiger partial charge in [0.15, 0.2) is 0 Å². The minimum atomic E-state index is 0.923. The molecule has 7 rings (SSSR count). The quantitative estimate of drug-likeness (QED) is 0.300. The maximum absolute atomic E-state index is 5.24. The Balaban J connectivity index is 1.69. The third kappa shape index (κ3) is 2.58. The van der Waals surface area contributed by atoms with Crippen LogP contribution >= 0.6 is 0 Å². The van der Waals surface area contributed by atoms with Gasteiger partial charge in [-0.25, -0.2) is 4.98 Å². The molecule has 0 saturated heterocycles. The molecule has 4 heterocycles. The molecule has 0 aliphatic rings. The first-order valence-corrected chi connectivity index (χ1v) is 11.1. The number of aromatic nitrogens is 4. The van der Waals surface area contributed by atoms with Crippen LogP contribution in [0.2, 0.25) is 0 Å². The smallest absolute Gasteiger partial charge is 0.116 e. The van der Waals surface area contributed by atoms with E-state index in [4.69, 9.17) is 9.97 Å². The molecule has 4 nitrogen and oxygen atoms in total. The Kier molecular flexibility index (Phi) is 3.73. The lowest BCUT2D eigenvalue weighted by Gasteiger charge is -2.09. The average molecular weight is 425 g/mol. The van der Waals surface area contributed by atoms with Crippen molar-refractivity contribution in [3.05, 3.63) is 109 Å². The number of para-hydroxylation sites is 2. The molecule has 3 aromatic carbocycles. The van der Waals surface area contributed by atoms with Gasteiger partial charge in [-0.2, -0.15) is 0 Å². The van der Waals surface area contributed by atoms with Gasteiger partial charge in [0, 0.05) is 23.0 Å². The molecule has 7 aromatic rings. The molecule has 156 valence electrons. The van der Waals surface area contributed by atoms with Gasteiger partial charge in [-0.1, -0.05) is 54.1 Å². The summed E-state index contributed by atoms with van der Waals surface area (Å²) < 4.78 is 4.58. The Bertz CT molecular complexity index is 1810. The molecule has 0 spiro atoms. The summed E-state index contributed by atoms with van der Waals surface area (Å²) in [6.45, 7) is 2.11. The number of rotatable bonds is 2. The summed E-state index contributed by atoms with van der Waals surface area (Å²) in [6, 6.07) is 34.0. The van der Waals surface area contributed by atoms with Gasteiger partial charge in [-0.3, -0.25) is 4.98 Å². The van der Waals surface area contributed by atoms with Crippen molar-refractivity contribution < 1.29 is 0 Å². The van der Waals surface area contributed by atoms with Crippen LogP contribution in [0.5, 0.6) is 0 Å². The lowest BCUT2D eigenvalue weighted by Crippen LogP contribution is -1.96. The van der Waals surface area contributed by atoms with Crippen LogP contribution in [0.1, 0.15) is 5.56 Å².